The van der Waals surface area contributed by atoms with Gasteiger partial charge in [-0.3, -0.25) is 9.59 Å². The van der Waals surface area contributed by atoms with E-state index in [1.54, 1.807) is 4.90 Å². The van der Waals surface area contributed by atoms with Gasteiger partial charge in [-0.15, -0.1) is 0 Å². The van der Waals surface area contributed by atoms with E-state index in [0.717, 1.165) is 30.4 Å². The first-order valence-electron chi connectivity index (χ1n) is 7.61. The number of benzene rings is 1. The number of nitrogens with one attached hydrogen (secondary N) is 1. The fraction of sp³-hybridized carbons (Fsp3) is 0.412. The maximum absolute atomic E-state index is 12.2. The highest BCUT2D eigenvalue weighted by atomic mass is 16.5. The lowest BCUT2D eigenvalue weighted by atomic mass is 10.1. The van der Waals surface area contributed by atoms with Gasteiger partial charge in [0, 0.05) is 31.2 Å². The Hall–Kier alpha value is -2.14. The Labute approximate surface area is 128 Å². The van der Waals surface area contributed by atoms with Crippen molar-refractivity contribution in [1.29, 1.82) is 0 Å². The van der Waals surface area contributed by atoms with Crippen molar-refractivity contribution in [2.45, 2.75) is 32.4 Å². The first-order valence-corrected chi connectivity index (χ1v) is 7.61. The van der Waals surface area contributed by atoms with Gasteiger partial charge in [0.05, 0.1) is 12.6 Å². The van der Waals surface area contributed by atoms with E-state index in [9.17, 15) is 9.59 Å². The van der Waals surface area contributed by atoms with Crippen LogP contribution in [0.4, 0.5) is 0 Å². The number of ether oxygens (including phenoxy) is 1. The highest BCUT2D eigenvalue weighted by Crippen LogP contribution is 2.16. The number of nitrogens with zero attached hydrogens (tertiary/aromatic N) is 1. The Kier molecular flexibility index (Phi) is 4.24. The molecule has 1 N–H and O–H groups in total. The van der Waals surface area contributed by atoms with Crippen LogP contribution in [0.5, 0.6) is 0 Å². The van der Waals surface area contributed by atoms with Crippen molar-refractivity contribution in [2.24, 2.45) is 0 Å². The Balaban J connectivity index is 1.84. The van der Waals surface area contributed by atoms with Crippen LogP contribution in [0.15, 0.2) is 35.1 Å². The van der Waals surface area contributed by atoms with Gasteiger partial charge >= 0.3 is 0 Å². The third-order valence-corrected chi connectivity index (χ3v) is 4.08. The summed E-state index contributed by atoms with van der Waals surface area (Å²) in [6.45, 7) is 3.15. The molecule has 5 heteroatoms. The summed E-state index contributed by atoms with van der Waals surface area (Å²) in [4.78, 5) is 28.6. The number of rotatable bonds is 4. The topological polar surface area (TPSA) is 62.4 Å². The van der Waals surface area contributed by atoms with Crippen LogP contribution in [0.2, 0.25) is 0 Å². The van der Waals surface area contributed by atoms with Crippen LogP contribution in [0.3, 0.4) is 0 Å². The molecule has 116 valence electrons. The van der Waals surface area contributed by atoms with Crippen LogP contribution in [0, 0.1) is 0 Å². The van der Waals surface area contributed by atoms with Gasteiger partial charge < -0.3 is 14.6 Å². The zero-order chi connectivity index (χ0) is 15.5. The lowest BCUT2D eigenvalue weighted by Gasteiger charge is -2.24. The molecule has 0 spiro atoms. The number of para-hydroxylation sites is 1. The van der Waals surface area contributed by atoms with Crippen LogP contribution < -0.4 is 5.56 Å². The Morgan fingerprint density at radius 1 is 1.41 bits per heavy atom. The van der Waals surface area contributed by atoms with Crippen LogP contribution in [0.1, 0.15) is 25.3 Å². The number of H-pyrrole nitrogens is 1. The molecule has 2 aromatic rings. The van der Waals surface area contributed by atoms with E-state index in [1.807, 2.05) is 30.3 Å². The average Bonchev–Trinajstić information content (AvgIpc) is 3.00. The molecule has 5 nitrogen and oxygen atoms in total. The predicted octanol–water partition coefficient (Wildman–Crippen LogP) is 2.06. The summed E-state index contributed by atoms with van der Waals surface area (Å²) in [5.74, 6) is -0.0388. The fourth-order valence-electron chi connectivity index (χ4n) is 2.85. The maximum atomic E-state index is 12.2. The molecule has 0 radical (unpaired) electrons. The molecular formula is C17H20N2O3. The van der Waals surface area contributed by atoms with Gasteiger partial charge in [0.15, 0.2) is 0 Å². The fourth-order valence-corrected chi connectivity index (χ4v) is 2.85. The molecule has 1 aliphatic heterocycles. The second-order valence-corrected chi connectivity index (χ2v) is 5.75. The number of carbonyl (C=O) groups is 1. The summed E-state index contributed by atoms with van der Waals surface area (Å²) >= 11 is 0. The maximum Gasteiger partial charge on any atom is 0.253 e. The van der Waals surface area contributed by atoms with E-state index >= 15 is 0 Å². The third-order valence-electron chi connectivity index (χ3n) is 4.08. The number of hydrogen-bond donors (Lipinski definition) is 1. The number of pyridine rings is 1. The van der Waals surface area contributed by atoms with Crippen molar-refractivity contribution in [3.05, 3.63) is 46.2 Å². The summed E-state index contributed by atoms with van der Waals surface area (Å²) in [6, 6.07) is 9.50. The van der Waals surface area contributed by atoms with Crippen LogP contribution in [-0.2, 0) is 16.1 Å². The predicted molar refractivity (Wildman–Crippen MR) is 84.6 cm³/mol. The summed E-state index contributed by atoms with van der Waals surface area (Å²) in [5, 5.41) is 0.970. The van der Waals surface area contributed by atoms with Gasteiger partial charge in [-0.1, -0.05) is 18.2 Å². The molecule has 1 fully saturated rings. The molecule has 2 heterocycles. The normalized spacial score (nSPS) is 17.8. The van der Waals surface area contributed by atoms with E-state index in [2.05, 4.69) is 4.98 Å². The molecule has 1 saturated heterocycles. The van der Waals surface area contributed by atoms with E-state index in [0.29, 0.717) is 18.7 Å². The van der Waals surface area contributed by atoms with Crippen LogP contribution in [0.25, 0.3) is 10.9 Å². The third kappa shape index (κ3) is 3.20. The van der Waals surface area contributed by atoms with Crippen LogP contribution in [-0.4, -0.2) is 35.0 Å². The SMILES string of the molecule is CC(=O)N(Cc1cc2ccccc2[nH]c1=O)C[C@@H]1CCCO1. The van der Waals surface area contributed by atoms with Crippen molar-refractivity contribution < 1.29 is 9.53 Å². The molecule has 0 unspecified atom stereocenters. The van der Waals surface area contributed by atoms with Gasteiger partial charge in [-0.2, -0.15) is 0 Å². The monoisotopic (exact) mass is 300 g/mol. The van der Waals surface area contributed by atoms with E-state index in [1.165, 1.54) is 6.92 Å². The van der Waals surface area contributed by atoms with E-state index in [-0.39, 0.29) is 17.6 Å². The first-order chi connectivity index (χ1) is 10.6. The zero-order valence-electron chi connectivity index (χ0n) is 12.7. The number of hydrogen-bond acceptors (Lipinski definition) is 3. The highest BCUT2D eigenvalue weighted by molar-refractivity contribution is 5.79. The first kappa shape index (κ1) is 14.8. The number of aromatic nitrogens is 1. The molecule has 0 saturated carbocycles. The Morgan fingerprint density at radius 3 is 2.95 bits per heavy atom. The molecule has 22 heavy (non-hydrogen) atoms. The van der Waals surface area contributed by atoms with Gasteiger partial charge in [0.1, 0.15) is 0 Å². The van der Waals surface area contributed by atoms with E-state index < -0.39 is 0 Å². The summed E-state index contributed by atoms with van der Waals surface area (Å²) in [5.41, 5.74) is 1.27. The molecule has 1 aromatic heterocycles. The van der Waals surface area contributed by atoms with Gasteiger partial charge in [0.25, 0.3) is 5.56 Å². The largest absolute Gasteiger partial charge is 0.376 e. The molecule has 1 aliphatic rings. The number of fused-ring (bicyclic) bond motifs is 1. The number of aromatic amines is 1. The second kappa shape index (κ2) is 6.32. The molecular weight excluding hydrogens is 280 g/mol. The minimum Gasteiger partial charge on any atom is -0.376 e. The number of carbonyl (C=O) groups excluding carboxylic acids is 1. The lowest BCUT2D eigenvalue weighted by molar-refractivity contribution is -0.131. The minimum absolute atomic E-state index is 0.0388. The van der Waals surface area contributed by atoms with Crippen molar-refractivity contribution >= 4 is 16.8 Å². The number of amides is 1. The van der Waals surface area contributed by atoms with Crippen molar-refractivity contribution in [3.8, 4) is 0 Å². The van der Waals surface area contributed by atoms with Gasteiger partial charge in [0.2, 0.25) is 5.91 Å². The quantitative estimate of drug-likeness (QED) is 0.940. The van der Waals surface area contributed by atoms with Crippen molar-refractivity contribution in [3.63, 3.8) is 0 Å². The summed E-state index contributed by atoms with van der Waals surface area (Å²) < 4.78 is 5.59. The molecule has 1 aromatic carbocycles. The average molecular weight is 300 g/mol. The minimum atomic E-state index is -0.141. The van der Waals surface area contributed by atoms with Gasteiger partial charge in [-0.25, -0.2) is 0 Å². The standard InChI is InChI=1S/C17H20N2O3/c1-12(20)19(11-15-6-4-8-22-15)10-14-9-13-5-2-3-7-16(13)18-17(14)21/h2-3,5,7,9,15H,4,6,8,10-11H2,1H3,(H,18,21)/t15-/m0/s1. The van der Waals surface area contributed by atoms with Crippen molar-refractivity contribution in [2.75, 3.05) is 13.2 Å². The van der Waals surface area contributed by atoms with Crippen molar-refractivity contribution in [1.82, 2.24) is 9.88 Å². The molecule has 0 aliphatic carbocycles. The summed E-state index contributed by atoms with van der Waals surface area (Å²) in [6.07, 6.45) is 2.09. The van der Waals surface area contributed by atoms with Gasteiger partial charge in [-0.05, 0) is 30.4 Å². The smallest absolute Gasteiger partial charge is 0.253 e. The Bertz CT molecular complexity index is 732. The molecule has 3 rings (SSSR count). The lowest BCUT2D eigenvalue weighted by Crippen LogP contribution is -2.36. The highest BCUT2D eigenvalue weighted by Gasteiger charge is 2.21. The Morgan fingerprint density at radius 2 is 2.23 bits per heavy atom. The summed E-state index contributed by atoms with van der Waals surface area (Å²) in [7, 11) is 0. The molecule has 0 bridgehead atoms. The zero-order valence-corrected chi connectivity index (χ0v) is 12.7. The molecule has 1 amide bonds. The van der Waals surface area contributed by atoms with Crippen LogP contribution >= 0.6 is 0 Å². The second-order valence-electron chi connectivity index (χ2n) is 5.75. The molecule has 1 atom stereocenters. The van der Waals surface area contributed by atoms with E-state index in [4.69, 9.17) is 4.74 Å².